The van der Waals surface area contributed by atoms with E-state index in [4.69, 9.17) is 0 Å². The number of carbonyl (C=O) groups excluding carboxylic acids is 1. The number of rotatable bonds is 6. The van der Waals surface area contributed by atoms with Crippen molar-refractivity contribution in [2.24, 2.45) is 0 Å². The third-order valence-electron chi connectivity index (χ3n) is 4.19. The first-order valence-electron chi connectivity index (χ1n) is 8.23. The lowest BCUT2D eigenvalue weighted by Crippen LogP contribution is -2.34. The number of halogens is 3. The van der Waals surface area contributed by atoms with Gasteiger partial charge in [-0.05, 0) is 44.1 Å². The largest absolute Gasteiger partial charge is 0.326 e. The van der Waals surface area contributed by atoms with Crippen molar-refractivity contribution >= 4 is 11.6 Å². The number of hydrogen-bond donors (Lipinski definition) is 1. The SMILES string of the molecule is Cc1ccc(NC(=O)CCN2CCCN(CC(F)F)CC2)cc1F. The second kappa shape index (κ2) is 9.03. The van der Waals surface area contributed by atoms with Crippen molar-refractivity contribution in [1.82, 2.24) is 9.80 Å². The Hall–Kier alpha value is -1.60. The highest BCUT2D eigenvalue weighted by atomic mass is 19.3. The molecule has 1 aromatic rings. The van der Waals surface area contributed by atoms with Crippen LogP contribution in [0.3, 0.4) is 0 Å². The molecule has 0 saturated carbocycles. The van der Waals surface area contributed by atoms with Gasteiger partial charge in [0.2, 0.25) is 5.91 Å². The predicted molar refractivity (Wildman–Crippen MR) is 87.9 cm³/mol. The van der Waals surface area contributed by atoms with Crippen molar-refractivity contribution < 1.29 is 18.0 Å². The summed E-state index contributed by atoms with van der Waals surface area (Å²) in [7, 11) is 0. The van der Waals surface area contributed by atoms with Crippen LogP contribution in [0, 0.1) is 12.7 Å². The van der Waals surface area contributed by atoms with Crippen molar-refractivity contribution in [3.05, 3.63) is 29.6 Å². The van der Waals surface area contributed by atoms with Crippen LogP contribution in [0.1, 0.15) is 18.4 Å². The number of amides is 1. The molecular weight excluding hydrogens is 319 g/mol. The van der Waals surface area contributed by atoms with Crippen LogP contribution in [0.15, 0.2) is 18.2 Å². The Labute approximate surface area is 140 Å². The molecule has 1 aromatic carbocycles. The maximum absolute atomic E-state index is 13.5. The molecule has 1 N–H and O–H groups in total. The molecule has 0 unspecified atom stereocenters. The fraction of sp³-hybridized carbons (Fsp3) is 0.588. The smallest absolute Gasteiger partial charge is 0.251 e. The maximum Gasteiger partial charge on any atom is 0.251 e. The van der Waals surface area contributed by atoms with Crippen LogP contribution in [0.25, 0.3) is 0 Å². The first-order chi connectivity index (χ1) is 11.4. The molecule has 0 spiro atoms. The lowest BCUT2D eigenvalue weighted by atomic mass is 10.2. The second-order valence-electron chi connectivity index (χ2n) is 6.15. The fourth-order valence-corrected chi connectivity index (χ4v) is 2.78. The molecule has 0 aliphatic carbocycles. The summed E-state index contributed by atoms with van der Waals surface area (Å²) in [6.45, 7) is 4.78. The Kier molecular flexibility index (Phi) is 7.05. The lowest BCUT2D eigenvalue weighted by molar-refractivity contribution is -0.116. The van der Waals surface area contributed by atoms with E-state index in [1.807, 2.05) is 0 Å². The number of anilines is 1. The van der Waals surface area contributed by atoms with E-state index in [0.29, 0.717) is 43.9 Å². The number of hydrogen-bond acceptors (Lipinski definition) is 3. The van der Waals surface area contributed by atoms with Crippen LogP contribution >= 0.6 is 0 Å². The average molecular weight is 343 g/mol. The molecule has 0 atom stereocenters. The quantitative estimate of drug-likeness (QED) is 0.863. The standard InChI is InChI=1S/C17H24F3N3O/c1-13-3-4-14(11-15(13)18)21-17(24)5-8-22-6-2-7-23(10-9-22)12-16(19)20/h3-4,11,16H,2,5-10,12H2,1H3,(H,21,24). The van der Waals surface area contributed by atoms with Crippen molar-refractivity contribution in [3.63, 3.8) is 0 Å². The third kappa shape index (κ3) is 6.13. The molecule has 0 aromatic heterocycles. The van der Waals surface area contributed by atoms with Crippen LogP contribution in [-0.4, -0.2) is 61.4 Å². The molecule has 2 rings (SSSR count). The highest BCUT2D eigenvalue weighted by Gasteiger charge is 2.18. The van der Waals surface area contributed by atoms with Gasteiger partial charge in [-0.3, -0.25) is 9.69 Å². The Balaban J connectivity index is 1.74. The number of benzene rings is 1. The summed E-state index contributed by atoms with van der Waals surface area (Å²) in [4.78, 5) is 15.9. The molecule has 24 heavy (non-hydrogen) atoms. The van der Waals surface area contributed by atoms with Crippen LogP contribution in [0.4, 0.5) is 18.9 Å². The average Bonchev–Trinajstić information content (AvgIpc) is 2.74. The van der Waals surface area contributed by atoms with E-state index in [9.17, 15) is 18.0 Å². The summed E-state index contributed by atoms with van der Waals surface area (Å²) in [5.74, 6) is -0.522. The molecule has 1 heterocycles. The Bertz CT molecular complexity index is 554. The molecule has 7 heteroatoms. The van der Waals surface area contributed by atoms with Crippen molar-refractivity contribution in [1.29, 1.82) is 0 Å². The van der Waals surface area contributed by atoms with Gasteiger partial charge in [-0.15, -0.1) is 0 Å². The fourth-order valence-electron chi connectivity index (χ4n) is 2.78. The van der Waals surface area contributed by atoms with E-state index in [1.54, 1.807) is 24.0 Å². The number of alkyl halides is 2. The summed E-state index contributed by atoms with van der Waals surface area (Å²) in [6, 6.07) is 4.60. The van der Waals surface area contributed by atoms with Crippen LogP contribution in [0.2, 0.25) is 0 Å². The highest BCUT2D eigenvalue weighted by molar-refractivity contribution is 5.90. The summed E-state index contributed by atoms with van der Waals surface area (Å²) < 4.78 is 38.3. The van der Waals surface area contributed by atoms with Gasteiger partial charge in [-0.1, -0.05) is 6.07 Å². The number of carbonyl (C=O) groups is 1. The summed E-state index contributed by atoms with van der Waals surface area (Å²) in [6.07, 6.45) is -1.20. The molecular formula is C17H24F3N3O. The summed E-state index contributed by atoms with van der Waals surface area (Å²) >= 11 is 0. The molecule has 1 saturated heterocycles. The summed E-state index contributed by atoms with van der Waals surface area (Å²) in [5.41, 5.74) is 0.980. The monoisotopic (exact) mass is 343 g/mol. The minimum absolute atomic E-state index is 0.174. The van der Waals surface area contributed by atoms with Crippen molar-refractivity contribution in [2.75, 3.05) is 44.6 Å². The van der Waals surface area contributed by atoms with Crippen molar-refractivity contribution in [2.45, 2.75) is 26.2 Å². The van der Waals surface area contributed by atoms with Gasteiger partial charge in [0.25, 0.3) is 6.43 Å². The minimum Gasteiger partial charge on any atom is -0.326 e. The lowest BCUT2D eigenvalue weighted by Gasteiger charge is -2.21. The first kappa shape index (κ1) is 18.7. The molecule has 1 aliphatic rings. The van der Waals surface area contributed by atoms with Gasteiger partial charge < -0.3 is 10.2 Å². The van der Waals surface area contributed by atoms with E-state index in [1.165, 1.54) is 6.07 Å². The molecule has 0 radical (unpaired) electrons. The zero-order valence-corrected chi connectivity index (χ0v) is 13.9. The van der Waals surface area contributed by atoms with E-state index < -0.39 is 6.43 Å². The minimum atomic E-state index is -2.31. The van der Waals surface area contributed by atoms with Crippen LogP contribution < -0.4 is 5.32 Å². The molecule has 1 aliphatic heterocycles. The number of nitrogens with one attached hydrogen (secondary N) is 1. The van der Waals surface area contributed by atoms with Gasteiger partial charge >= 0.3 is 0 Å². The predicted octanol–water partition coefficient (Wildman–Crippen LogP) is 2.74. The zero-order chi connectivity index (χ0) is 17.5. The van der Waals surface area contributed by atoms with E-state index >= 15 is 0 Å². The van der Waals surface area contributed by atoms with Gasteiger partial charge in [-0.2, -0.15) is 0 Å². The number of aryl methyl sites for hydroxylation is 1. The van der Waals surface area contributed by atoms with E-state index in [-0.39, 0.29) is 18.3 Å². The Morgan fingerprint density at radius 3 is 2.62 bits per heavy atom. The van der Waals surface area contributed by atoms with Crippen LogP contribution in [0.5, 0.6) is 0 Å². The van der Waals surface area contributed by atoms with Gasteiger partial charge in [0, 0.05) is 31.7 Å². The van der Waals surface area contributed by atoms with Gasteiger partial charge in [0.05, 0.1) is 6.54 Å². The molecule has 1 fully saturated rings. The molecule has 1 amide bonds. The molecule has 0 bridgehead atoms. The van der Waals surface area contributed by atoms with Gasteiger partial charge in [0.1, 0.15) is 5.82 Å². The van der Waals surface area contributed by atoms with Crippen LogP contribution in [-0.2, 0) is 4.79 Å². The Morgan fingerprint density at radius 1 is 1.21 bits per heavy atom. The summed E-state index contributed by atoms with van der Waals surface area (Å²) in [5, 5.41) is 2.68. The second-order valence-corrected chi connectivity index (χ2v) is 6.15. The van der Waals surface area contributed by atoms with E-state index in [0.717, 1.165) is 13.0 Å². The Morgan fingerprint density at radius 2 is 1.92 bits per heavy atom. The molecule has 134 valence electrons. The number of nitrogens with zero attached hydrogens (tertiary/aromatic N) is 2. The topological polar surface area (TPSA) is 35.6 Å². The highest BCUT2D eigenvalue weighted by Crippen LogP contribution is 2.14. The van der Waals surface area contributed by atoms with Gasteiger partial charge in [0.15, 0.2) is 0 Å². The van der Waals surface area contributed by atoms with Crippen molar-refractivity contribution in [3.8, 4) is 0 Å². The van der Waals surface area contributed by atoms with E-state index in [2.05, 4.69) is 10.2 Å². The normalized spacial score (nSPS) is 17.0. The third-order valence-corrected chi connectivity index (χ3v) is 4.19. The van der Waals surface area contributed by atoms with Gasteiger partial charge in [-0.25, -0.2) is 13.2 Å². The first-order valence-corrected chi connectivity index (χ1v) is 8.23. The molecule has 4 nitrogen and oxygen atoms in total. The maximum atomic E-state index is 13.5. The zero-order valence-electron chi connectivity index (χ0n) is 13.9.